The molecule has 0 radical (unpaired) electrons. The Morgan fingerprint density at radius 3 is 2.31 bits per heavy atom. The van der Waals surface area contributed by atoms with Crippen molar-refractivity contribution in [2.24, 2.45) is 5.92 Å². The van der Waals surface area contributed by atoms with Gasteiger partial charge in [0.2, 0.25) is 11.8 Å². The lowest BCUT2D eigenvalue weighted by molar-refractivity contribution is -0.142. The van der Waals surface area contributed by atoms with Gasteiger partial charge >= 0.3 is 6.09 Å². The van der Waals surface area contributed by atoms with Crippen molar-refractivity contribution in [3.05, 3.63) is 47.5 Å². The summed E-state index contributed by atoms with van der Waals surface area (Å²) in [4.78, 5) is 41.5. The van der Waals surface area contributed by atoms with Gasteiger partial charge in [-0.05, 0) is 63.6 Å². The predicted molar refractivity (Wildman–Crippen MR) is 141 cm³/mol. The highest BCUT2D eigenvalue weighted by atomic mass is 16.6. The second kappa shape index (κ2) is 13.9. The van der Waals surface area contributed by atoms with Crippen LogP contribution in [-0.4, -0.2) is 47.5 Å². The first-order valence-electron chi connectivity index (χ1n) is 12.6. The van der Waals surface area contributed by atoms with E-state index in [2.05, 4.69) is 24.1 Å². The van der Waals surface area contributed by atoms with Crippen LogP contribution in [0.4, 0.5) is 4.79 Å². The molecule has 0 aliphatic carbocycles. The summed E-state index contributed by atoms with van der Waals surface area (Å²) in [7, 11) is 0. The van der Waals surface area contributed by atoms with Crippen LogP contribution < -0.4 is 10.6 Å². The fraction of sp³-hybridized carbons (Fsp3) is 0.607. The summed E-state index contributed by atoms with van der Waals surface area (Å²) in [6.45, 7) is 19.7. The Labute approximate surface area is 211 Å². The van der Waals surface area contributed by atoms with Crippen molar-refractivity contribution in [2.45, 2.75) is 92.3 Å². The molecule has 0 saturated heterocycles. The van der Waals surface area contributed by atoms with Crippen LogP contribution in [0.15, 0.2) is 30.9 Å². The zero-order chi connectivity index (χ0) is 26.8. The Kier molecular flexibility index (Phi) is 12.0. The summed E-state index contributed by atoms with van der Waals surface area (Å²) < 4.78 is 5.42. The van der Waals surface area contributed by atoms with Gasteiger partial charge in [-0.2, -0.15) is 0 Å². The van der Waals surface area contributed by atoms with E-state index in [1.165, 1.54) is 4.90 Å². The molecule has 0 aliphatic rings. The first-order chi connectivity index (χ1) is 16.4. The number of rotatable bonds is 12. The number of carbonyl (C=O) groups excluding carboxylic acids is 3. The average Bonchev–Trinajstić information content (AvgIpc) is 2.77. The van der Waals surface area contributed by atoms with Gasteiger partial charge in [-0.25, -0.2) is 4.79 Å². The maximum absolute atomic E-state index is 14.0. The maximum Gasteiger partial charge on any atom is 0.408 e. The van der Waals surface area contributed by atoms with Crippen LogP contribution in [0.25, 0.3) is 0 Å². The smallest absolute Gasteiger partial charge is 0.408 e. The lowest BCUT2D eigenvalue weighted by Gasteiger charge is -2.35. The number of ether oxygens (including phenoxy) is 1. The van der Waals surface area contributed by atoms with Gasteiger partial charge in [0.1, 0.15) is 17.7 Å². The van der Waals surface area contributed by atoms with Crippen LogP contribution in [-0.2, 0) is 14.3 Å². The molecule has 0 saturated carbocycles. The topological polar surface area (TPSA) is 87.7 Å². The predicted octanol–water partition coefficient (Wildman–Crippen LogP) is 5.21. The average molecular weight is 488 g/mol. The third-order valence-corrected chi connectivity index (χ3v) is 6.00. The zero-order valence-electron chi connectivity index (χ0n) is 22.9. The highest BCUT2D eigenvalue weighted by molar-refractivity contribution is 5.92. The highest BCUT2D eigenvalue weighted by Crippen LogP contribution is 2.26. The maximum atomic E-state index is 14.0. The molecule has 1 rings (SSSR count). The molecule has 7 nitrogen and oxygen atoms in total. The molecular weight excluding hydrogens is 442 g/mol. The van der Waals surface area contributed by atoms with Crippen molar-refractivity contribution >= 4 is 17.9 Å². The van der Waals surface area contributed by atoms with Crippen LogP contribution in [0.5, 0.6) is 0 Å². The van der Waals surface area contributed by atoms with E-state index in [0.717, 1.165) is 29.5 Å². The first-order valence-corrected chi connectivity index (χ1v) is 12.6. The van der Waals surface area contributed by atoms with Gasteiger partial charge in [0, 0.05) is 13.1 Å². The van der Waals surface area contributed by atoms with Gasteiger partial charge in [-0.3, -0.25) is 9.59 Å². The lowest BCUT2D eigenvalue weighted by atomic mass is 9.94. The summed E-state index contributed by atoms with van der Waals surface area (Å²) in [5.74, 6) is -0.776. The first kappa shape index (κ1) is 30.2. The van der Waals surface area contributed by atoms with E-state index in [9.17, 15) is 14.4 Å². The number of hydrogen-bond acceptors (Lipinski definition) is 4. The fourth-order valence-electron chi connectivity index (χ4n) is 3.65. The van der Waals surface area contributed by atoms with E-state index < -0.39 is 23.8 Å². The summed E-state index contributed by atoms with van der Waals surface area (Å²) in [5.41, 5.74) is 2.15. The third-order valence-electron chi connectivity index (χ3n) is 6.00. The monoisotopic (exact) mass is 487 g/mol. The molecule has 2 N–H and O–H groups in total. The van der Waals surface area contributed by atoms with Gasteiger partial charge < -0.3 is 20.3 Å². The lowest BCUT2D eigenvalue weighted by Crippen LogP contribution is -2.55. The number of amides is 3. The standard InChI is InChI=1S/C28H45N3O4/c1-10-13-16-29-25(32)24(22-15-14-20(5)21(6)18-22)31(17-11-2)26(33)23(19(4)12-3)30-27(34)35-28(7,8)9/h11,14-15,18-19,23-24H,2,10,12-13,16-17H2,1,3-9H3,(H,29,32)(H,30,34). The van der Waals surface area contributed by atoms with Crippen molar-refractivity contribution in [1.82, 2.24) is 15.5 Å². The summed E-state index contributed by atoms with van der Waals surface area (Å²) in [6, 6.07) is 4.08. The van der Waals surface area contributed by atoms with Crippen LogP contribution in [0.2, 0.25) is 0 Å². The minimum Gasteiger partial charge on any atom is -0.444 e. The minimum atomic E-state index is -0.858. The second-order valence-corrected chi connectivity index (χ2v) is 10.2. The minimum absolute atomic E-state index is 0.153. The molecule has 0 heterocycles. The van der Waals surface area contributed by atoms with E-state index in [1.54, 1.807) is 26.8 Å². The van der Waals surface area contributed by atoms with Crippen molar-refractivity contribution in [3.63, 3.8) is 0 Å². The Morgan fingerprint density at radius 2 is 1.80 bits per heavy atom. The van der Waals surface area contributed by atoms with Crippen LogP contribution in [0.3, 0.4) is 0 Å². The number of unbranched alkanes of at least 4 members (excludes halogenated alkanes) is 1. The molecule has 196 valence electrons. The molecule has 35 heavy (non-hydrogen) atoms. The molecule has 3 atom stereocenters. The van der Waals surface area contributed by atoms with Crippen molar-refractivity contribution in [3.8, 4) is 0 Å². The quantitative estimate of drug-likeness (QED) is 0.313. The van der Waals surface area contributed by atoms with Crippen molar-refractivity contribution in [1.29, 1.82) is 0 Å². The number of alkyl carbamates (subject to hydrolysis) is 1. The van der Waals surface area contributed by atoms with Crippen molar-refractivity contribution in [2.75, 3.05) is 13.1 Å². The van der Waals surface area contributed by atoms with Crippen LogP contribution in [0, 0.1) is 19.8 Å². The summed E-state index contributed by atoms with van der Waals surface area (Å²) in [5, 5.41) is 5.75. The van der Waals surface area contributed by atoms with E-state index in [-0.39, 0.29) is 24.3 Å². The largest absolute Gasteiger partial charge is 0.444 e. The zero-order valence-corrected chi connectivity index (χ0v) is 22.9. The summed E-state index contributed by atoms with van der Waals surface area (Å²) >= 11 is 0. The molecule has 7 heteroatoms. The SMILES string of the molecule is C=CCN(C(=O)C(NC(=O)OC(C)(C)C)C(C)CC)C(C(=O)NCCCC)c1ccc(C)c(C)c1. The Balaban J connectivity index is 3.46. The van der Waals surface area contributed by atoms with Gasteiger partial charge in [0.15, 0.2) is 0 Å². The van der Waals surface area contributed by atoms with E-state index in [4.69, 9.17) is 4.74 Å². The molecule has 1 aromatic rings. The Bertz CT molecular complexity index is 875. The fourth-order valence-corrected chi connectivity index (χ4v) is 3.65. The summed E-state index contributed by atoms with van der Waals surface area (Å²) in [6.07, 6.45) is 3.39. The Morgan fingerprint density at radius 1 is 1.14 bits per heavy atom. The second-order valence-electron chi connectivity index (χ2n) is 10.2. The number of nitrogens with one attached hydrogen (secondary N) is 2. The number of aryl methyl sites for hydroxylation is 2. The van der Waals surface area contributed by atoms with Gasteiger partial charge in [-0.15, -0.1) is 6.58 Å². The molecule has 0 bridgehead atoms. The third kappa shape index (κ3) is 9.38. The highest BCUT2D eigenvalue weighted by Gasteiger charge is 2.37. The number of benzene rings is 1. The number of nitrogens with zero attached hydrogens (tertiary/aromatic N) is 1. The molecule has 3 unspecified atom stereocenters. The molecule has 0 spiro atoms. The van der Waals surface area contributed by atoms with Crippen molar-refractivity contribution < 1.29 is 19.1 Å². The normalized spacial score (nSPS) is 13.8. The number of carbonyl (C=O) groups is 3. The van der Waals surface area contributed by atoms with Gasteiger partial charge in [-0.1, -0.05) is 57.9 Å². The molecule has 3 amide bonds. The van der Waals surface area contributed by atoms with Crippen LogP contribution >= 0.6 is 0 Å². The van der Waals surface area contributed by atoms with Gasteiger partial charge in [0.05, 0.1) is 0 Å². The van der Waals surface area contributed by atoms with Crippen LogP contribution in [0.1, 0.15) is 83.5 Å². The van der Waals surface area contributed by atoms with E-state index in [0.29, 0.717) is 13.0 Å². The molecule has 0 fully saturated rings. The molecular formula is C28H45N3O4. The Hall–Kier alpha value is -2.83. The molecule has 1 aromatic carbocycles. The van der Waals surface area contributed by atoms with Gasteiger partial charge in [0.25, 0.3) is 0 Å². The van der Waals surface area contributed by atoms with E-state index in [1.807, 2.05) is 45.9 Å². The molecule has 0 aromatic heterocycles. The molecule has 0 aliphatic heterocycles. The number of hydrogen-bond donors (Lipinski definition) is 2. The van der Waals surface area contributed by atoms with E-state index >= 15 is 0 Å².